The van der Waals surface area contributed by atoms with Crippen LogP contribution in [0.15, 0.2) is 6.20 Å². The van der Waals surface area contributed by atoms with Crippen molar-refractivity contribution in [3.05, 3.63) is 11.1 Å². The van der Waals surface area contributed by atoms with E-state index in [0.717, 1.165) is 11.7 Å². The number of rotatable bonds is 4. The summed E-state index contributed by atoms with van der Waals surface area (Å²) in [7, 11) is 1.77. The van der Waals surface area contributed by atoms with Gasteiger partial charge < -0.3 is 10.1 Å². The number of ether oxygens (including phenoxy) is 1. The lowest BCUT2D eigenvalue weighted by Gasteiger charge is -2.36. The van der Waals surface area contributed by atoms with Gasteiger partial charge in [0.1, 0.15) is 0 Å². The Bertz CT molecular complexity index is 300. The number of hydrogen-bond donors (Lipinski definition) is 1. The van der Waals surface area contributed by atoms with Gasteiger partial charge in [0.25, 0.3) is 0 Å². The second-order valence-electron chi connectivity index (χ2n) is 3.82. The Labute approximate surface area is 88.5 Å². The summed E-state index contributed by atoms with van der Waals surface area (Å²) in [6, 6.07) is 0.570. The van der Waals surface area contributed by atoms with Gasteiger partial charge in [0, 0.05) is 30.1 Å². The number of nitrogens with zero attached hydrogens (tertiary/aromatic N) is 1. The van der Waals surface area contributed by atoms with E-state index in [1.54, 1.807) is 18.4 Å². The standard InChI is InChI=1S/C10H16N2OS/c1-7-5-11-10(14-7)12-9-4-3-8(9)6-13-2/h5,8-9H,3-4,6H2,1-2H3,(H,11,12)/t8-,9-/m1/s1. The van der Waals surface area contributed by atoms with Crippen LogP contribution in [0.5, 0.6) is 0 Å². The third-order valence-corrected chi connectivity index (χ3v) is 3.57. The lowest BCUT2D eigenvalue weighted by Crippen LogP contribution is -2.40. The van der Waals surface area contributed by atoms with Gasteiger partial charge in [-0.1, -0.05) is 0 Å². The molecule has 1 heterocycles. The average Bonchev–Trinajstić information content (AvgIpc) is 2.55. The quantitative estimate of drug-likeness (QED) is 0.831. The molecule has 1 aromatic rings. The third-order valence-electron chi connectivity index (χ3n) is 2.73. The summed E-state index contributed by atoms with van der Waals surface area (Å²) in [4.78, 5) is 5.56. The largest absolute Gasteiger partial charge is 0.384 e. The summed E-state index contributed by atoms with van der Waals surface area (Å²) >= 11 is 1.72. The molecule has 0 aliphatic heterocycles. The van der Waals surface area contributed by atoms with Gasteiger partial charge in [-0.3, -0.25) is 0 Å². The molecule has 0 unspecified atom stereocenters. The smallest absolute Gasteiger partial charge is 0.183 e. The number of anilines is 1. The van der Waals surface area contributed by atoms with Gasteiger partial charge in [-0.25, -0.2) is 4.98 Å². The van der Waals surface area contributed by atoms with E-state index in [0.29, 0.717) is 12.0 Å². The van der Waals surface area contributed by atoms with Crippen molar-refractivity contribution < 1.29 is 4.74 Å². The van der Waals surface area contributed by atoms with Gasteiger partial charge in [-0.2, -0.15) is 0 Å². The van der Waals surface area contributed by atoms with Gasteiger partial charge >= 0.3 is 0 Å². The summed E-state index contributed by atoms with van der Waals surface area (Å²) in [5.74, 6) is 0.671. The highest BCUT2D eigenvalue weighted by atomic mass is 32.1. The van der Waals surface area contributed by atoms with Crippen molar-refractivity contribution in [1.82, 2.24) is 4.98 Å². The van der Waals surface area contributed by atoms with E-state index in [2.05, 4.69) is 17.2 Å². The second-order valence-corrected chi connectivity index (χ2v) is 5.05. The van der Waals surface area contributed by atoms with E-state index in [9.17, 15) is 0 Å². The molecule has 0 radical (unpaired) electrons. The molecule has 0 saturated heterocycles. The maximum atomic E-state index is 5.16. The highest BCUT2D eigenvalue weighted by Crippen LogP contribution is 2.31. The van der Waals surface area contributed by atoms with Crippen molar-refractivity contribution in [2.45, 2.75) is 25.8 Å². The Morgan fingerprint density at radius 2 is 2.50 bits per heavy atom. The normalized spacial score (nSPS) is 25.9. The molecule has 1 aliphatic rings. The molecule has 0 aromatic carbocycles. The minimum absolute atomic E-state index is 0.570. The molecule has 1 aliphatic carbocycles. The molecule has 1 saturated carbocycles. The van der Waals surface area contributed by atoms with Gasteiger partial charge in [0.2, 0.25) is 0 Å². The molecule has 1 fully saturated rings. The minimum atomic E-state index is 0.570. The maximum Gasteiger partial charge on any atom is 0.183 e. The summed E-state index contributed by atoms with van der Waals surface area (Å²) in [6.45, 7) is 2.94. The molecule has 2 rings (SSSR count). The Morgan fingerprint density at radius 1 is 1.64 bits per heavy atom. The number of aromatic nitrogens is 1. The lowest BCUT2D eigenvalue weighted by atomic mass is 9.80. The molecule has 2 atom stereocenters. The van der Waals surface area contributed by atoms with Crippen LogP contribution in [0, 0.1) is 12.8 Å². The van der Waals surface area contributed by atoms with E-state index >= 15 is 0 Å². The molecular formula is C10H16N2OS. The molecule has 78 valence electrons. The highest BCUT2D eigenvalue weighted by molar-refractivity contribution is 7.15. The Hall–Kier alpha value is -0.610. The Kier molecular flexibility index (Phi) is 3.03. The van der Waals surface area contributed by atoms with Crippen LogP contribution in [0.2, 0.25) is 0 Å². The lowest BCUT2D eigenvalue weighted by molar-refractivity contribution is 0.101. The topological polar surface area (TPSA) is 34.1 Å². The monoisotopic (exact) mass is 212 g/mol. The van der Waals surface area contributed by atoms with Crippen molar-refractivity contribution in [2.75, 3.05) is 19.0 Å². The van der Waals surface area contributed by atoms with Crippen LogP contribution >= 0.6 is 11.3 Å². The summed E-state index contributed by atoms with van der Waals surface area (Å²) in [5.41, 5.74) is 0. The van der Waals surface area contributed by atoms with Crippen LogP contribution in [0.3, 0.4) is 0 Å². The van der Waals surface area contributed by atoms with E-state index < -0.39 is 0 Å². The molecule has 0 bridgehead atoms. The SMILES string of the molecule is COC[C@H]1CC[C@H]1Nc1ncc(C)s1. The van der Waals surface area contributed by atoms with E-state index in [1.807, 2.05) is 6.20 Å². The van der Waals surface area contributed by atoms with Gasteiger partial charge in [0.15, 0.2) is 5.13 Å². The van der Waals surface area contributed by atoms with Crippen LogP contribution in [0.4, 0.5) is 5.13 Å². The Morgan fingerprint density at radius 3 is 3.00 bits per heavy atom. The van der Waals surface area contributed by atoms with Crippen LogP contribution in [-0.2, 0) is 4.74 Å². The van der Waals surface area contributed by atoms with Crippen molar-refractivity contribution in [3.63, 3.8) is 0 Å². The summed E-state index contributed by atoms with van der Waals surface area (Å²) < 4.78 is 5.16. The first-order valence-electron chi connectivity index (χ1n) is 4.97. The van der Waals surface area contributed by atoms with Gasteiger partial charge in [-0.05, 0) is 19.8 Å². The predicted octanol–water partition coefficient (Wildman–Crippen LogP) is 2.29. The van der Waals surface area contributed by atoms with Crippen LogP contribution in [-0.4, -0.2) is 24.7 Å². The van der Waals surface area contributed by atoms with E-state index in [1.165, 1.54) is 17.7 Å². The molecule has 0 spiro atoms. The number of thiazole rings is 1. The van der Waals surface area contributed by atoms with Crippen LogP contribution in [0.25, 0.3) is 0 Å². The first-order chi connectivity index (χ1) is 6.79. The van der Waals surface area contributed by atoms with E-state index in [4.69, 9.17) is 4.74 Å². The van der Waals surface area contributed by atoms with Crippen molar-refractivity contribution in [3.8, 4) is 0 Å². The van der Waals surface area contributed by atoms with Crippen molar-refractivity contribution >= 4 is 16.5 Å². The zero-order chi connectivity index (χ0) is 9.97. The van der Waals surface area contributed by atoms with Gasteiger partial charge in [-0.15, -0.1) is 11.3 Å². The molecule has 14 heavy (non-hydrogen) atoms. The first-order valence-corrected chi connectivity index (χ1v) is 5.79. The zero-order valence-electron chi connectivity index (χ0n) is 8.62. The molecule has 3 nitrogen and oxygen atoms in total. The third kappa shape index (κ3) is 2.07. The fourth-order valence-electron chi connectivity index (χ4n) is 1.75. The molecular weight excluding hydrogens is 196 g/mol. The average molecular weight is 212 g/mol. The number of hydrogen-bond acceptors (Lipinski definition) is 4. The van der Waals surface area contributed by atoms with Crippen molar-refractivity contribution in [2.24, 2.45) is 5.92 Å². The van der Waals surface area contributed by atoms with E-state index in [-0.39, 0.29) is 0 Å². The molecule has 0 amide bonds. The summed E-state index contributed by atoms with van der Waals surface area (Å²) in [6.07, 6.45) is 4.43. The van der Waals surface area contributed by atoms with Gasteiger partial charge in [0.05, 0.1) is 6.61 Å². The van der Waals surface area contributed by atoms with Crippen molar-refractivity contribution in [1.29, 1.82) is 0 Å². The fraction of sp³-hybridized carbons (Fsp3) is 0.700. The van der Waals surface area contributed by atoms with Crippen LogP contribution in [0.1, 0.15) is 17.7 Å². The highest BCUT2D eigenvalue weighted by Gasteiger charge is 2.30. The molecule has 1 N–H and O–H groups in total. The fourth-order valence-corrected chi connectivity index (χ4v) is 2.48. The second kappa shape index (κ2) is 4.28. The zero-order valence-corrected chi connectivity index (χ0v) is 9.43. The number of aryl methyl sites for hydroxylation is 1. The first kappa shape index (κ1) is 9.93. The molecule has 4 heteroatoms. The molecule has 1 aromatic heterocycles. The summed E-state index contributed by atoms with van der Waals surface area (Å²) in [5, 5.41) is 4.51. The maximum absolute atomic E-state index is 5.16. The minimum Gasteiger partial charge on any atom is -0.384 e. The Balaban J connectivity index is 1.86. The number of nitrogens with one attached hydrogen (secondary N) is 1. The predicted molar refractivity (Wildman–Crippen MR) is 58.9 cm³/mol. The van der Waals surface area contributed by atoms with Crippen LogP contribution < -0.4 is 5.32 Å². The number of methoxy groups -OCH3 is 1.